The standard InChI is InChI=1S/C6H2F3N3O/c7-1-2-3(11-6(13)10-2)5(9)12-4(1)8/h(H2,10,11,13). The second kappa shape index (κ2) is 2.35. The second-order valence-electron chi connectivity index (χ2n) is 2.34. The van der Waals surface area contributed by atoms with Gasteiger partial charge in [-0.05, 0) is 0 Å². The summed E-state index contributed by atoms with van der Waals surface area (Å²) < 4.78 is 38.0. The van der Waals surface area contributed by atoms with Crippen LogP contribution in [0.3, 0.4) is 0 Å². The predicted molar refractivity (Wildman–Crippen MR) is 36.6 cm³/mol. The third-order valence-corrected chi connectivity index (χ3v) is 1.53. The number of pyridine rings is 1. The lowest BCUT2D eigenvalue weighted by atomic mass is 10.4. The smallest absolute Gasteiger partial charge is 0.303 e. The molecule has 0 spiro atoms. The summed E-state index contributed by atoms with van der Waals surface area (Å²) in [5.74, 6) is -4.22. The molecule has 2 aromatic rings. The van der Waals surface area contributed by atoms with Gasteiger partial charge < -0.3 is 9.97 Å². The quantitative estimate of drug-likeness (QED) is 0.598. The van der Waals surface area contributed by atoms with Crippen molar-refractivity contribution in [1.29, 1.82) is 0 Å². The highest BCUT2D eigenvalue weighted by atomic mass is 19.2. The molecular formula is C6H2F3N3O. The van der Waals surface area contributed by atoms with E-state index in [4.69, 9.17) is 0 Å². The Bertz CT molecular complexity index is 530. The Hall–Kier alpha value is -1.79. The van der Waals surface area contributed by atoms with Crippen molar-refractivity contribution >= 4 is 11.0 Å². The SMILES string of the molecule is O=c1[nH]c2c(F)nc(F)c(F)c2[nH]1. The molecule has 0 aliphatic carbocycles. The van der Waals surface area contributed by atoms with E-state index < -0.39 is 34.4 Å². The van der Waals surface area contributed by atoms with Crippen LogP contribution in [0.5, 0.6) is 0 Å². The van der Waals surface area contributed by atoms with Gasteiger partial charge in [0, 0.05) is 0 Å². The number of aromatic nitrogens is 3. The van der Waals surface area contributed by atoms with Crippen molar-refractivity contribution in [3.05, 3.63) is 28.2 Å². The van der Waals surface area contributed by atoms with E-state index in [1.54, 1.807) is 0 Å². The fourth-order valence-corrected chi connectivity index (χ4v) is 0.997. The zero-order valence-electron chi connectivity index (χ0n) is 5.99. The molecule has 0 saturated heterocycles. The highest BCUT2D eigenvalue weighted by Crippen LogP contribution is 2.15. The monoisotopic (exact) mass is 189 g/mol. The minimum absolute atomic E-state index is 0.469. The maximum atomic E-state index is 12.8. The third-order valence-electron chi connectivity index (χ3n) is 1.53. The van der Waals surface area contributed by atoms with Crippen molar-refractivity contribution in [3.63, 3.8) is 0 Å². The minimum Gasteiger partial charge on any atom is -0.303 e. The molecule has 4 nitrogen and oxygen atoms in total. The van der Waals surface area contributed by atoms with E-state index in [1.807, 2.05) is 9.97 Å². The van der Waals surface area contributed by atoms with Gasteiger partial charge in [0.2, 0.25) is 11.8 Å². The van der Waals surface area contributed by atoms with Crippen LogP contribution in [0.15, 0.2) is 4.79 Å². The molecule has 2 N–H and O–H groups in total. The van der Waals surface area contributed by atoms with Crippen LogP contribution in [0.25, 0.3) is 11.0 Å². The molecule has 0 saturated carbocycles. The molecule has 0 radical (unpaired) electrons. The Balaban J connectivity index is 3.04. The van der Waals surface area contributed by atoms with Crippen LogP contribution in [-0.2, 0) is 0 Å². The van der Waals surface area contributed by atoms with Gasteiger partial charge in [-0.2, -0.15) is 18.2 Å². The van der Waals surface area contributed by atoms with Crippen LogP contribution >= 0.6 is 0 Å². The molecular weight excluding hydrogens is 187 g/mol. The average molecular weight is 189 g/mol. The normalized spacial score (nSPS) is 11.0. The maximum absolute atomic E-state index is 12.8. The Morgan fingerprint density at radius 2 is 1.62 bits per heavy atom. The Morgan fingerprint density at radius 1 is 1.00 bits per heavy atom. The van der Waals surface area contributed by atoms with E-state index in [0.29, 0.717) is 0 Å². The summed E-state index contributed by atoms with van der Waals surface area (Å²) in [4.78, 5) is 17.1. The molecule has 0 atom stereocenters. The summed E-state index contributed by atoms with van der Waals surface area (Å²) in [5, 5.41) is 0. The summed E-state index contributed by atoms with van der Waals surface area (Å²) >= 11 is 0. The van der Waals surface area contributed by atoms with Crippen molar-refractivity contribution < 1.29 is 13.2 Å². The molecule has 7 heteroatoms. The Kier molecular flexibility index (Phi) is 1.42. The first-order valence-corrected chi connectivity index (χ1v) is 3.22. The summed E-state index contributed by atoms with van der Waals surface area (Å²) in [6, 6.07) is 0. The van der Waals surface area contributed by atoms with E-state index in [-0.39, 0.29) is 0 Å². The van der Waals surface area contributed by atoms with Gasteiger partial charge in [-0.3, -0.25) is 0 Å². The van der Waals surface area contributed by atoms with Crippen LogP contribution in [-0.4, -0.2) is 15.0 Å². The largest absolute Gasteiger partial charge is 0.324 e. The van der Waals surface area contributed by atoms with Gasteiger partial charge in [-0.1, -0.05) is 0 Å². The van der Waals surface area contributed by atoms with Gasteiger partial charge in [0.25, 0.3) is 5.95 Å². The van der Waals surface area contributed by atoms with E-state index >= 15 is 0 Å². The molecule has 0 amide bonds. The van der Waals surface area contributed by atoms with E-state index in [9.17, 15) is 18.0 Å². The lowest BCUT2D eigenvalue weighted by Crippen LogP contribution is -1.99. The van der Waals surface area contributed by atoms with Gasteiger partial charge in [-0.15, -0.1) is 0 Å². The molecule has 13 heavy (non-hydrogen) atoms. The second-order valence-corrected chi connectivity index (χ2v) is 2.34. The van der Waals surface area contributed by atoms with Gasteiger partial charge in [0.05, 0.1) is 0 Å². The molecule has 0 aliphatic rings. The van der Waals surface area contributed by atoms with Crippen molar-refractivity contribution in [2.24, 2.45) is 0 Å². The number of halogens is 3. The van der Waals surface area contributed by atoms with E-state index in [0.717, 1.165) is 0 Å². The zero-order chi connectivity index (χ0) is 9.59. The van der Waals surface area contributed by atoms with Crippen molar-refractivity contribution in [2.75, 3.05) is 0 Å². The zero-order valence-corrected chi connectivity index (χ0v) is 5.99. The number of hydrogen-bond donors (Lipinski definition) is 2. The summed E-state index contributed by atoms with van der Waals surface area (Å²) in [6.45, 7) is 0. The molecule has 68 valence electrons. The lowest BCUT2D eigenvalue weighted by molar-refractivity contribution is 0.457. The lowest BCUT2D eigenvalue weighted by Gasteiger charge is -1.93. The number of fused-ring (bicyclic) bond motifs is 1. The summed E-state index contributed by atoms with van der Waals surface area (Å²) in [6.07, 6.45) is 0. The summed E-state index contributed by atoms with van der Waals surface area (Å²) in [5.41, 5.74) is -1.83. The van der Waals surface area contributed by atoms with Crippen LogP contribution in [0.4, 0.5) is 13.2 Å². The predicted octanol–water partition coefficient (Wildman–Crippen LogP) is 0.668. The fourth-order valence-electron chi connectivity index (χ4n) is 0.997. The number of aromatic amines is 2. The number of nitrogens with one attached hydrogen (secondary N) is 2. The van der Waals surface area contributed by atoms with E-state index in [1.165, 1.54) is 0 Å². The first-order valence-electron chi connectivity index (χ1n) is 3.22. The highest BCUT2D eigenvalue weighted by molar-refractivity contribution is 5.74. The molecule has 0 aliphatic heterocycles. The first kappa shape index (κ1) is 7.84. The molecule has 0 bridgehead atoms. The van der Waals surface area contributed by atoms with Crippen LogP contribution < -0.4 is 5.69 Å². The van der Waals surface area contributed by atoms with Crippen LogP contribution in [0, 0.1) is 17.7 Å². The number of hydrogen-bond acceptors (Lipinski definition) is 2. The molecule has 2 rings (SSSR count). The average Bonchev–Trinajstić information content (AvgIpc) is 2.44. The Labute approximate surface area is 68.4 Å². The molecule has 0 fully saturated rings. The molecule has 0 unspecified atom stereocenters. The molecule has 0 aromatic carbocycles. The van der Waals surface area contributed by atoms with E-state index in [2.05, 4.69) is 4.98 Å². The highest BCUT2D eigenvalue weighted by Gasteiger charge is 2.15. The minimum atomic E-state index is -1.58. The summed E-state index contributed by atoms with van der Waals surface area (Å²) in [7, 11) is 0. The van der Waals surface area contributed by atoms with Gasteiger partial charge in [0.15, 0.2) is 0 Å². The van der Waals surface area contributed by atoms with Gasteiger partial charge in [0.1, 0.15) is 11.0 Å². The molecule has 2 aromatic heterocycles. The van der Waals surface area contributed by atoms with Crippen molar-refractivity contribution in [3.8, 4) is 0 Å². The number of rotatable bonds is 0. The van der Waals surface area contributed by atoms with Gasteiger partial charge >= 0.3 is 5.69 Å². The van der Waals surface area contributed by atoms with Crippen LogP contribution in [0.2, 0.25) is 0 Å². The number of H-pyrrole nitrogens is 2. The molecule has 2 heterocycles. The number of imidazole rings is 1. The Morgan fingerprint density at radius 3 is 2.31 bits per heavy atom. The van der Waals surface area contributed by atoms with Gasteiger partial charge in [-0.25, -0.2) is 4.79 Å². The van der Waals surface area contributed by atoms with Crippen molar-refractivity contribution in [2.45, 2.75) is 0 Å². The number of nitrogens with zero attached hydrogens (tertiary/aromatic N) is 1. The van der Waals surface area contributed by atoms with Crippen molar-refractivity contribution in [1.82, 2.24) is 15.0 Å². The van der Waals surface area contributed by atoms with Crippen LogP contribution in [0.1, 0.15) is 0 Å². The maximum Gasteiger partial charge on any atom is 0.324 e. The fraction of sp³-hybridized carbons (Fsp3) is 0. The topological polar surface area (TPSA) is 61.5 Å². The first-order chi connectivity index (χ1) is 6.09. The third kappa shape index (κ3) is 1.00.